The van der Waals surface area contributed by atoms with Crippen molar-refractivity contribution in [2.75, 3.05) is 4.90 Å². The molecule has 5 nitrogen and oxygen atoms in total. The summed E-state index contributed by atoms with van der Waals surface area (Å²) in [6.07, 6.45) is 5.67. The van der Waals surface area contributed by atoms with E-state index in [4.69, 9.17) is 5.73 Å². The SMILES string of the molecule is Cc1ccnc2c1C(N)C(=O)c1cccnc1N2C1CC1. The molecule has 3 heterocycles. The summed E-state index contributed by atoms with van der Waals surface area (Å²) in [6.45, 7) is 1.97. The third-order valence-corrected chi connectivity index (χ3v) is 4.20. The summed E-state index contributed by atoms with van der Waals surface area (Å²) in [4.78, 5) is 23.8. The van der Waals surface area contributed by atoms with Crippen LogP contribution in [0.4, 0.5) is 11.6 Å². The van der Waals surface area contributed by atoms with Crippen molar-refractivity contribution in [1.29, 1.82) is 0 Å². The molecule has 2 N–H and O–H groups in total. The molecule has 1 aliphatic carbocycles. The molecule has 2 aromatic heterocycles. The van der Waals surface area contributed by atoms with E-state index in [1.165, 1.54) is 0 Å². The fourth-order valence-corrected chi connectivity index (χ4v) is 2.99. The minimum absolute atomic E-state index is 0.0846. The van der Waals surface area contributed by atoms with Crippen molar-refractivity contribution in [2.45, 2.75) is 31.8 Å². The first-order chi connectivity index (χ1) is 10.2. The average molecular weight is 280 g/mol. The maximum absolute atomic E-state index is 12.7. The molecule has 1 fully saturated rings. The number of aryl methyl sites for hydroxylation is 1. The largest absolute Gasteiger partial charge is 0.317 e. The molecular formula is C16H16N4O. The van der Waals surface area contributed by atoms with Crippen molar-refractivity contribution in [3.8, 4) is 0 Å². The monoisotopic (exact) mass is 280 g/mol. The Balaban J connectivity index is 2.04. The number of carbonyl (C=O) groups excluding carboxylic acids is 1. The molecule has 0 amide bonds. The van der Waals surface area contributed by atoms with Gasteiger partial charge in [0.1, 0.15) is 11.6 Å². The first kappa shape index (κ1) is 12.5. The van der Waals surface area contributed by atoms with Crippen LogP contribution in [0.25, 0.3) is 0 Å². The van der Waals surface area contributed by atoms with Gasteiger partial charge in [0.2, 0.25) is 0 Å². The van der Waals surface area contributed by atoms with Gasteiger partial charge in [0, 0.05) is 24.0 Å². The van der Waals surface area contributed by atoms with Crippen LogP contribution in [0.5, 0.6) is 0 Å². The molecule has 2 aliphatic rings. The average Bonchev–Trinajstić information content (AvgIpc) is 3.31. The topological polar surface area (TPSA) is 72.1 Å². The van der Waals surface area contributed by atoms with E-state index in [2.05, 4.69) is 14.9 Å². The molecule has 1 aliphatic heterocycles. The fraction of sp³-hybridized carbons (Fsp3) is 0.312. The highest BCUT2D eigenvalue weighted by Gasteiger charge is 2.40. The van der Waals surface area contributed by atoms with Gasteiger partial charge >= 0.3 is 0 Å². The lowest BCUT2D eigenvalue weighted by Crippen LogP contribution is -2.24. The highest BCUT2D eigenvalue weighted by atomic mass is 16.1. The zero-order valence-electron chi connectivity index (χ0n) is 11.8. The Labute approximate surface area is 122 Å². The highest BCUT2D eigenvalue weighted by molar-refractivity contribution is 6.07. The molecule has 1 atom stereocenters. The van der Waals surface area contributed by atoms with Crippen LogP contribution < -0.4 is 10.6 Å². The molecule has 21 heavy (non-hydrogen) atoms. The van der Waals surface area contributed by atoms with Crippen molar-refractivity contribution in [3.05, 3.63) is 47.3 Å². The molecule has 0 spiro atoms. The van der Waals surface area contributed by atoms with Gasteiger partial charge in [-0.2, -0.15) is 0 Å². The number of pyridine rings is 2. The molecule has 0 saturated heterocycles. The predicted molar refractivity (Wildman–Crippen MR) is 79.6 cm³/mol. The summed E-state index contributed by atoms with van der Waals surface area (Å²) >= 11 is 0. The fourth-order valence-electron chi connectivity index (χ4n) is 2.99. The molecule has 5 heteroatoms. The number of nitrogens with zero attached hydrogens (tertiary/aromatic N) is 3. The third kappa shape index (κ3) is 1.77. The second-order valence-electron chi connectivity index (χ2n) is 5.68. The second-order valence-corrected chi connectivity index (χ2v) is 5.68. The zero-order valence-corrected chi connectivity index (χ0v) is 11.8. The van der Waals surface area contributed by atoms with Gasteiger partial charge in [0.05, 0.1) is 11.6 Å². The van der Waals surface area contributed by atoms with E-state index in [9.17, 15) is 4.79 Å². The summed E-state index contributed by atoms with van der Waals surface area (Å²) in [6, 6.07) is 5.18. The quantitative estimate of drug-likeness (QED) is 0.867. The number of anilines is 2. The Kier molecular flexibility index (Phi) is 2.59. The van der Waals surface area contributed by atoms with Crippen LogP contribution in [0, 0.1) is 6.92 Å². The van der Waals surface area contributed by atoms with Crippen LogP contribution in [0.3, 0.4) is 0 Å². The van der Waals surface area contributed by atoms with Gasteiger partial charge in [-0.3, -0.25) is 4.79 Å². The minimum Gasteiger partial charge on any atom is -0.317 e. The third-order valence-electron chi connectivity index (χ3n) is 4.20. The van der Waals surface area contributed by atoms with E-state index < -0.39 is 6.04 Å². The van der Waals surface area contributed by atoms with Crippen LogP contribution in [-0.2, 0) is 0 Å². The summed E-state index contributed by atoms with van der Waals surface area (Å²) in [5.74, 6) is 1.40. The Morgan fingerprint density at radius 2 is 1.95 bits per heavy atom. The molecule has 1 unspecified atom stereocenters. The van der Waals surface area contributed by atoms with Crippen LogP contribution in [0.2, 0.25) is 0 Å². The minimum atomic E-state index is -0.680. The van der Waals surface area contributed by atoms with Gasteiger partial charge in [-0.05, 0) is 43.5 Å². The maximum atomic E-state index is 12.7. The van der Waals surface area contributed by atoms with E-state index in [0.29, 0.717) is 17.4 Å². The van der Waals surface area contributed by atoms with Crippen molar-refractivity contribution < 1.29 is 4.79 Å². The summed E-state index contributed by atoms with van der Waals surface area (Å²) in [7, 11) is 0. The second kappa shape index (κ2) is 4.36. The van der Waals surface area contributed by atoms with Crippen molar-refractivity contribution >= 4 is 17.4 Å². The van der Waals surface area contributed by atoms with Crippen LogP contribution in [0.1, 0.15) is 40.4 Å². The lowest BCUT2D eigenvalue weighted by atomic mass is 9.97. The van der Waals surface area contributed by atoms with E-state index in [-0.39, 0.29) is 5.78 Å². The molecule has 0 aromatic carbocycles. The molecule has 1 saturated carbocycles. The lowest BCUT2D eigenvalue weighted by molar-refractivity contribution is 0.0962. The Hall–Kier alpha value is -2.27. The summed E-state index contributed by atoms with van der Waals surface area (Å²) < 4.78 is 0. The normalized spacial score (nSPS) is 20.8. The number of carbonyl (C=O) groups is 1. The number of nitrogens with two attached hydrogens (primary N) is 1. The van der Waals surface area contributed by atoms with Gasteiger partial charge in [-0.25, -0.2) is 9.97 Å². The van der Waals surface area contributed by atoms with Crippen LogP contribution >= 0.6 is 0 Å². The first-order valence-electron chi connectivity index (χ1n) is 7.18. The molecular weight excluding hydrogens is 264 g/mol. The van der Waals surface area contributed by atoms with Gasteiger partial charge in [-0.1, -0.05) is 0 Å². The molecule has 0 bridgehead atoms. The van der Waals surface area contributed by atoms with Crippen LogP contribution in [0.15, 0.2) is 30.6 Å². The van der Waals surface area contributed by atoms with Gasteiger partial charge in [0.25, 0.3) is 0 Å². The van der Waals surface area contributed by atoms with Gasteiger partial charge in [0.15, 0.2) is 5.78 Å². The Morgan fingerprint density at radius 3 is 2.71 bits per heavy atom. The predicted octanol–water partition coefficient (Wildman–Crippen LogP) is 2.28. The van der Waals surface area contributed by atoms with Gasteiger partial charge < -0.3 is 10.6 Å². The molecule has 0 radical (unpaired) electrons. The van der Waals surface area contributed by atoms with Crippen molar-refractivity contribution in [1.82, 2.24) is 9.97 Å². The number of fused-ring (bicyclic) bond motifs is 2. The van der Waals surface area contributed by atoms with Crippen LogP contribution in [-0.4, -0.2) is 21.8 Å². The van der Waals surface area contributed by atoms with Gasteiger partial charge in [-0.15, -0.1) is 0 Å². The van der Waals surface area contributed by atoms with E-state index >= 15 is 0 Å². The first-order valence-corrected chi connectivity index (χ1v) is 7.18. The lowest BCUT2D eigenvalue weighted by Gasteiger charge is -2.24. The van der Waals surface area contributed by atoms with Crippen molar-refractivity contribution in [2.24, 2.45) is 5.73 Å². The summed E-state index contributed by atoms with van der Waals surface area (Å²) in [5, 5.41) is 0. The summed E-state index contributed by atoms with van der Waals surface area (Å²) in [5.41, 5.74) is 8.66. The number of hydrogen-bond donors (Lipinski definition) is 1. The molecule has 4 rings (SSSR count). The Morgan fingerprint density at radius 1 is 1.19 bits per heavy atom. The Bertz CT molecular complexity index is 739. The van der Waals surface area contributed by atoms with E-state index in [1.807, 2.05) is 13.0 Å². The molecule has 106 valence electrons. The zero-order chi connectivity index (χ0) is 14.6. The van der Waals surface area contributed by atoms with Crippen molar-refractivity contribution in [3.63, 3.8) is 0 Å². The smallest absolute Gasteiger partial charge is 0.187 e. The number of aromatic nitrogens is 2. The molecule has 2 aromatic rings. The maximum Gasteiger partial charge on any atom is 0.187 e. The highest BCUT2D eigenvalue weighted by Crippen LogP contribution is 2.44. The number of rotatable bonds is 1. The van der Waals surface area contributed by atoms with E-state index in [0.717, 1.165) is 29.8 Å². The standard InChI is InChI=1S/C16H16N4O/c1-9-6-8-19-16-12(9)13(17)14(21)11-3-2-7-18-15(11)20(16)10-4-5-10/h2-3,6-8,10,13H,4-5,17H2,1H3. The number of Topliss-reactive ketones (excluding diaryl/α,β-unsaturated/α-hetero) is 1. The van der Waals surface area contributed by atoms with E-state index in [1.54, 1.807) is 24.5 Å². The number of ketones is 1. The number of hydrogen-bond acceptors (Lipinski definition) is 5.